The van der Waals surface area contributed by atoms with E-state index in [4.69, 9.17) is 23.2 Å². The molecule has 1 N–H and O–H groups in total. The lowest BCUT2D eigenvalue weighted by Gasteiger charge is -2.36. The van der Waals surface area contributed by atoms with Crippen molar-refractivity contribution in [2.45, 2.75) is 32.1 Å². The van der Waals surface area contributed by atoms with E-state index in [0.29, 0.717) is 39.5 Å². The number of benzene rings is 1. The zero-order chi connectivity index (χ0) is 18.3. The standard InChI is InChI=1S/C19H18Cl2N2O2S/c20-13-4-5-15(21)14(8-13)16-9-26-19(22-16)23-18(25)12-6-10-2-1-3-11(7-12)17(10)24/h4-5,8-12H,1-3,6-7H2,(H,22,23,25). The van der Waals surface area contributed by atoms with Crippen LogP contribution >= 0.6 is 34.5 Å². The molecule has 7 heteroatoms. The molecule has 0 aliphatic heterocycles. The SMILES string of the molecule is O=C(Nc1nc(-c2cc(Cl)ccc2Cl)cs1)C1CC2CCCC(C1)C2=O. The molecule has 136 valence electrons. The van der Waals surface area contributed by atoms with Crippen molar-refractivity contribution in [1.29, 1.82) is 0 Å². The number of thiazole rings is 1. The average Bonchev–Trinajstić information content (AvgIpc) is 3.05. The van der Waals surface area contributed by atoms with Crippen molar-refractivity contribution in [2.24, 2.45) is 17.8 Å². The molecule has 0 spiro atoms. The van der Waals surface area contributed by atoms with Crippen molar-refractivity contribution in [3.8, 4) is 11.3 Å². The first-order valence-corrected chi connectivity index (χ1v) is 10.4. The van der Waals surface area contributed by atoms with E-state index in [0.717, 1.165) is 24.8 Å². The van der Waals surface area contributed by atoms with Crippen LogP contribution in [0.15, 0.2) is 23.6 Å². The molecule has 1 aromatic carbocycles. The second-order valence-corrected chi connectivity index (χ2v) is 8.75. The lowest BCUT2D eigenvalue weighted by atomic mass is 9.67. The zero-order valence-corrected chi connectivity index (χ0v) is 16.3. The number of ketones is 1. The summed E-state index contributed by atoms with van der Waals surface area (Å²) in [5, 5.41) is 6.47. The van der Waals surface area contributed by atoms with Gasteiger partial charge < -0.3 is 5.32 Å². The van der Waals surface area contributed by atoms with Gasteiger partial charge in [0.05, 0.1) is 10.7 Å². The van der Waals surface area contributed by atoms with Gasteiger partial charge in [0.2, 0.25) is 5.91 Å². The minimum atomic E-state index is -0.106. The van der Waals surface area contributed by atoms with Gasteiger partial charge in [0.1, 0.15) is 5.78 Å². The molecule has 4 nitrogen and oxygen atoms in total. The van der Waals surface area contributed by atoms with Crippen molar-refractivity contribution in [3.63, 3.8) is 0 Å². The summed E-state index contributed by atoms with van der Waals surface area (Å²) in [5.74, 6) is 0.357. The van der Waals surface area contributed by atoms with Crippen LogP contribution < -0.4 is 5.32 Å². The van der Waals surface area contributed by atoms with Crippen LogP contribution in [0.5, 0.6) is 0 Å². The fourth-order valence-corrected chi connectivity index (χ4v) is 5.15. The van der Waals surface area contributed by atoms with Gasteiger partial charge in [-0.1, -0.05) is 29.6 Å². The quantitative estimate of drug-likeness (QED) is 0.733. The number of nitrogens with zero attached hydrogens (tertiary/aromatic N) is 1. The van der Waals surface area contributed by atoms with Gasteiger partial charge in [0, 0.05) is 33.7 Å². The maximum absolute atomic E-state index is 12.7. The maximum atomic E-state index is 12.7. The second kappa shape index (κ2) is 7.29. The van der Waals surface area contributed by atoms with Gasteiger partial charge in [-0.2, -0.15) is 0 Å². The number of anilines is 1. The Balaban J connectivity index is 1.47. The summed E-state index contributed by atoms with van der Waals surface area (Å²) in [6, 6.07) is 5.22. The highest BCUT2D eigenvalue weighted by molar-refractivity contribution is 7.14. The number of halogens is 2. The molecule has 1 heterocycles. The number of hydrogen-bond donors (Lipinski definition) is 1. The van der Waals surface area contributed by atoms with Crippen LogP contribution in [-0.2, 0) is 9.59 Å². The van der Waals surface area contributed by atoms with Crippen molar-refractivity contribution in [2.75, 3.05) is 5.32 Å². The van der Waals surface area contributed by atoms with Crippen LogP contribution in [0.25, 0.3) is 11.3 Å². The Labute approximate surface area is 165 Å². The highest BCUT2D eigenvalue weighted by Gasteiger charge is 2.41. The summed E-state index contributed by atoms with van der Waals surface area (Å²) in [6.45, 7) is 0. The largest absolute Gasteiger partial charge is 0.302 e. The van der Waals surface area contributed by atoms with Crippen LogP contribution in [0.4, 0.5) is 5.13 Å². The van der Waals surface area contributed by atoms with Gasteiger partial charge >= 0.3 is 0 Å². The predicted molar refractivity (Wildman–Crippen MR) is 105 cm³/mol. The number of Topliss-reactive ketones (excluding diaryl/α,β-unsaturated/α-hetero) is 1. The molecular formula is C19H18Cl2N2O2S. The number of aromatic nitrogens is 1. The van der Waals surface area contributed by atoms with Gasteiger partial charge in [-0.25, -0.2) is 4.98 Å². The van der Waals surface area contributed by atoms with Gasteiger partial charge in [-0.3, -0.25) is 9.59 Å². The summed E-state index contributed by atoms with van der Waals surface area (Å²) in [5.41, 5.74) is 1.43. The van der Waals surface area contributed by atoms with E-state index >= 15 is 0 Å². The highest BCUT2D eigenvalue weighted by Crippen LogP contribution is 2.40. The molecule has 2 bridgehead atoms. The van der Waals surface area contributed by atoms with Crippen LogP contribution in [-0.4, -0.2) is 16.7 Å². The van der Waals surface area contributed by atoms with E-state index in [1.54, 1.807) is 18.2 Å². The van der Waals surface area contributed by atoms with E-state index in [9.17, 15) is 9.59 Å². The number of rotatable bonds is 3. The molecule has 1 aromatic heterocycles. The third-order valence-corrected chi connectivity index (χ3v) is 6.68. The molecule has 1 amide bonds. The first-order valence-electron chi connectivity index (χ1n) is 8.77. The molecule has 0 saturated heterocycles. The number of nitrogens with one attached hydrogen (secondary N) is 1. The molecule has 0 radical (unpaired) electrons. The minimum Gasteiger partial charge on any atom is -0.302 e. The van der Waals surface area contributed by atoms with Crippen molar-refractivity contribution in [1.82, 2.24) is 4.98 Å². The number of hydrogen-bond acceptors (Lipinski definition) is 4. The lowest BCUT2D eigenvalue weighted by molar-refractivity contribution is -0.136. The van der Waals surface area contributed by atoms with Gasteiger partial charge in [0.15, 0.2) is 5.13 Å². The molecule has 2 aliphatic rings. The van der Waals surface area contributed by atoms with Gasteiger partial charge in [0.25, 0.3) is 0 Å². The fourth-order valence-electron chi connectivity index (χ4n) is 4.05. The number of fused-ring (bicyclic) bond motifs is 2. The Morgan fingerprint density at radius 2 is 1.92 bits per heavy atom. The Hall–Kier alpha value is -1.43. The molecular weight excluding hydrogens is 391 g/mol. The third-order valence-electron chi connectivity index (χ3n) is 5.36. The Morgan fingerprint density at radius 3 is 2.65 bits per heavy atom. The normalized spacial score (nSPS) is 25.2. The summed E-state index contributed by atoms with van der Waals surface area (Å²) in [7, 11) is 0. The number of carbonyl (C=O) groups is 2. The van der Waals surface area contributed by atoms with Crippen LogP contribution in [0.1, 0.15) is 32.1 Å². The fraction of sp³-hybridized carbons (Fsp3) is 0.421. The van der Waals surface area contributed by atoms with Crippen LogP contribution in [0, 0.1) is 17.8 Å². The first kappa shape index (κ1) is 18.0. The molecule has 4 rings (SSSR count). The molecule has 2 aliphatic carbocycles. The third kappa shape index (κ3) is 3.53. The van der Waals surface area contributed by atoms with Crippen molar-refractivity contribution >= 4 is 51.4 Å². The minimum absolute atomic E-state index is 0.0347. The Morgan fingerprint density at radius 1 is 1.19 bits per heavy atom. The summed E-state index contributed by atoms with van der Waals surface area (Å²) >= 11 is 13.6. The van der Waals surface area contributed by atoms with Crippen LogP contribution in [0.3, 0.4) is 0 Å². The van der Waals surface area contributed by atoms with E-state index < -0.39 is 0 Å². The Kier molecular flexibility index (Phi) is 5.04. The van der Waals surface area contributed by atoms with E-state index in [-0.39, 0.29) is 23.7 Å². The lowest BCUT2D eigenvalue weighted by Crippen LogP contribution is -2.40. The smallest absolute Gasteiger partial charge is 0.229 e. The molecule has 2 atom stereocenters. The number of carbonyl (C=O) groups excluding carboxylic acids is 2. The topological polar surface area (TPSA) is 59.1 Å². The van der Waals surface area contributed by atoms with Gasteiger partial charge in [-0.05, 0) is 43.9 Å². The summed E-state index contributed by atoms with van der Waals surface area (Å²) in [6.07, 6.45) is 4.28. The molecule has 2 saturated carbocycles. The summed E-state index contributed by atoms with van der Waals surface area (Å²) < 4.78 is 0. The molecule has 26 heavy (non-hydrogen) atoms. The molecule has 2 aromatic rings. The van der Waals surface area contributed by atoms with E-state index in [2.05, 4.69) is 10.3 Å². The van der Waals surface area contributed by atoms with Crippen LogP contribution in [0.2, 0.25) is 10.0 Å². The Bertz CT molecular complexity index is 851. The van der Waals surface area contributed by atoms with Crippen molar-refractivity contribution in [3.05, 3.63) is 33.6 Å². The maximum Gasteiger partial charge on any atom is 0.229 e. The molecule has 2 fully saturated rings. The van der Waals surface area contributed by atoms with Gasteiger partial charge in [-0.15, -0.1) is 11.3 Å². The van der Waals surface area contributed by atoms with E-state index in [1.165, 1.54) is 11.3 Å². The van der Waals surface area contributed by atoms with Crippen molar-refractivity contribution < 1.29 is 9.59 Å². The highest BCUT2D eigenvalue weighted by atomic mass is 35.5. The number of amides is 1. The second-order valence-electron chi connectivity index (χ2n) is 7.05. The predicted octanol–water partition coefficient (Wildman–Crippen LogP) is 5.45. The first-order chi connectivity index (χ1) is 12.5. The zero-order valence-electron chi connectivity index (χ0n) is 14.0. The monoisotopic (exact) mass is 408 g/mol. The average molecular weight is 409 g/mol. The molecule has 2 unspecified atom stereocenters. The van der Waals surface area contributed by atoms with E-state index in [1.807, 2.05) is 5.38 Å². The summed E-state index contributed by atoms with van der Waals surface area (Å²) in [4.78, 5) is 29.3.